The van der Waals surface area contributed by atoms with Gasteiger partial charge >= 0.3 is 6.01 Å². The summed E-state index contributed by atoms with van der Waals surface area (Å²) in [5.41, 5.74) is 1.95. The van der Waals surface area contributed by atoms with Crippen molar-refractivity contribution in [1.29, 1.82) is 0 Å². The molecule has 2 aromatic heterocycles. The Labute approximate surface area is 190 Å². The lowest BCUT2D eigenvalue weighted by atomic mass is 9.97. The summed E-state index contributed by atoms with van der Waals surface area (Å²) in [5, 5.41) is 11.5. The molecule has 0 saturated heterocycles. The number of amides is 1. The monoisotopic (exact) mass is 453 g/mol. The molecule has 9 heteroatoms. The van der Waals surface area contributed by atoms with Gasteiger partial charge in [-0.1, -0.05) is 54.5 Å². The predicted octanol–water partition coefficient (Wildman–Crippen LogP) is 4.52. The highest BCUT2D eigenvalue weighted by Gasteiger charge is 2.16. The molecule has 0 fully saturated rings. The number of carbonyl (C=O) groups is 1. The van der Waals surface area contributed by atoms with Crippen molar-refractivity contribution >= 4 is 34.6 Å². The lowest BCUT2D eigenvalue weighted by Crippen LogP contribution is -2.24. The maximum absolute atomic E-state index is 13.2. The molecule has 8 nitrogen and oxygen atoms in total. The third-order valence-corrected chi connectivity index (χ3v) is 6.36. The van der Waals surface area contributed by atoms with Gasteiger partial charge in [-0.3, -0.25) is 19.5 Å². The van der Waals surface area contributed by atoms with E-state index in [0.29, 0.717) is 28.5 Å². The molecule has 1 aliphatic carbocycles. The number of fused-ring (bicyclic) bond motifs is 1. The van der Waals surface area contributed by atoms with Crippen molar-refractivity contribution in [1.82, 2.24) is 19.7 Å². The average molecular weight is 454 g/mol. The van der Waals surface area contributed by atoms with Crippen LogP contribution >= 0.6 is 11.8 Å². The summed E-state index contributed by atoms with van der Waals surface area (Å²) in [7, 11) is 0. The second-order valence-electron chi connectivity index (χ2n) is 8.16. The fraction of sp³-hybridized carbons (Fsp3) is 0.435. The first kappa shape index (κ1) is 22.3. The van der Waals surface area contributed by atoms with Crippen molar-refractivity contribution in [3.8, 4) is 0 Å². The zero-order valence-corrected chi connectivity index (χ0v) is 19.2. The number of rotatable bonds is 8. The first-order chi connectivity index (χ1) is 15.5. The number of allylic oxidation sites excluding steroid dienone is 2. The highest BCUT2D eigenvalue weighted by molar-refractivity contribution is 7.99. The number of hydrogen-bond acceptors (Lipinski definition) is 7. The molecule has 1 aliphatic rings. The number of nitrogens with one attached hydrogen (secondary N) is 1. The first-order valence-electron chi connectivity index (χ1n) is 10.9. The molecule has 0 atom stereocenters. The van der Waals surface area contributed by atoms with Crippen molar-refractivity contribution in [2.24, 2.45) is 0 Å². The summed E-state index contributed by atoms with van der Waals surface area (Å²) in [5.74, 6) is 0.332. The normalized spacial score (nSPS) is 14.0. The molecule has 0 aliphatic heterocycles. The van der Waals surface area contributed by atoms with Gasteiger partial charge in [0.15, 0.2) is 5.16 Å². The average Bonchev–Trinajstić information content (AvgIpc) is 3.27. The first-order valence-corrected chi connectivity index (χ1v) is 11.9. The molecule has 32 heavy (non-hydrogen) atoms. The zero-order valence-electron chi connectivity index (χ0n) is 18.3. The van der Waals surface area contributed by atoms with Crippen molar-refractivity contribution in [2.75, 3.05) is 11.1 Å². The van der Waals surface area contributed by atoms with Crippen molar-refractivity contribution in [2.45, 2.75) is 63.6 Å². The lowest BCUT2D eigenvalue weighted by molar-refractivity contribution is -0.113. The SMILES string of the molecule is CC(C)c1nnc(NC(=O)CSc2nc3ccccc3c(=O)n2CCC2=CCCCC2)o1. The molecule has 4 rings (SSSR count). The third kappa shape index (κ3) is 5.27. The van der Waals surface area contributed by atoms with Crippen LogP contribution in [0.2, 0.25) is 0 Å². The third-order valence-electron chi connectivity index (χ3n) is 5.38. The van der Waals surface area contributed by atoms with Gasteiger partial charge in [-0.25, -0.2) is 4.98 Å². The summed E-state index contributed by atoms with van der Waals surface area (Å²) in [6.07, 6.45) is 7.74. The minimum atomic E-state index is -0.294. The minimum absolute atomic E-state index is 0.0756. The summed E-state index contributed by atoms with van der Waals surface area (Å²) in [6.45, 7) is 4.42. The van der Waals surface area contributed by atoms with Crippen molar-refractivity contribution in [3.05, 3.63) is 52.2 Å². The van der Waals surface area contributed by atoms with E-state index in [1.54, 1.807) is 10.6 Å². The summed E-state index contributed by atoms with van der Waals surface area (Å²) in [4.78, 5) is 30.3. The van der Waals surface area contributed by atoms with E-state index in [1.807, 2.05) is 32.0 Å². The highest BCUT2D eigenvalue weighted by atomic mass is 32.2. The van der Waals surface area contributed by atoms with Crippen LogP contribution in [-0.2, 0) is 11.3 Å². The van der Waals surface area contributed by atoms with E-state index in [9.17, 15) is 9.59 Å². The standard InChI is InChI=1S/C23H27N5O3S/c1-15(2)20-26-27-22(31-20)25-19(29)14-32-23-24-18-11-7-6-10-17(18)21(30)28(23)13-12-16-8-4-3-5-9-16/h6-8,10-11,15H,3-5,9,12-14H2,1-2H3,(H,25,27,29). The van der Waals surface area contributed by atoms with E-state index in [1.165, 1.54) is 30.2 Å². The van der Waals surface area contributed by atoms with Crippen LogP contribution in [0.25, 0.3) is 10.9 Å². The number of anilines is 1. The number of nitrogens with zero attached hydrogens (tertiary/aromatic N) is 4. The van der Waals surface area contributed by atoms with Gasteiger partial charge in [0.05, 0.1) is 16.7 Å². The van der Waals surface area contributed by atoms with E-state index in [2.05, 4.69) is 26.6 Å². The van der Waals surface area contributed by atoms with Crippen LogP contribution in [0.1, 0.15) is 57.8 Å². The second kappa shape index (κ2) is 10.1. The van der Waals surface area contributed by atoms with Crippen LogP contribution in [-0.4, -0.2) is 31.4 Å². The Bertz CT molecular complexity index is 1200. The fourth-order valence-corrected chi connectivity index (χ4v) is 4.47. The van der Waals surface area contributed by atoms with Crippen LogP contribution in [0.15, 0.2) is 50.3 Å². The summed E-state index contributed by atoms with van der Waals surface area (Å²) < 4.78 is 7.13. The zero-order chi connectivity index (χ0) is 22.5. The Morgan fingerprint density at radius 2 is 2.09 bits per heavy atom. The number of thioether (sulfide) groups is 1. The Balaban J connectivity index is 1.51. The molecule has 0 saturated carbocycles. The van der Waals surface area contributed by atoms with Gasteiger partial charge in [0.2, 0.25) is 11.8 Å². The molecule has 3 aromatic rings. The van der Waals surface area contributed by atoms with Gasteiger partial charge < -0.3 is 4.42 Å². The summed E-state index contributed by atoms with van der Waals surface area (Å²) in [6, 6.07) is 7.39. The predicted molar refractivity (Wildman–Crippen MR) is 125 cm³/mol. The van der Waals surface area contributed by atoms with Crippen molar-refractivity contribution < 1.29 is 9.21 Å². The molecule has 2 heterocycles. The van der Waals surface area contributed by atoms with Gasteiger partial charge in [0, 0.05) is 12.5 Å². The van der Waals surface area contributed by atoms with Gasteiger partial charge in [0.25, 0.3) is 5.56 Å². The molecule has 1 N–H and O–H groups in total. The van der Waals surface area contributed by atoms with Crippen LogP contribution < -0.4 is 10.9 Å². The summed E-state index contributed by atoms with van der Waals surface area (Å²) >= 11 is 1.23. The maximum Gasteiger partial charge on any atom is 0.322 e. The van der Waals surface area contributed by atoms with Gasteiger partial charge in [-0.2, -0.15) is 0 Å². The Morgan fingerprint density at radius 3 is 2.84 bits per heavy atom. The minimum Gasteiger partial charge on any atom is -0.408 e. The largest absolute Gasteiger partial charge is 0.408 e. The highest BCUT2D eigenvalue weighted by Crippen LogP contribution is 2.23. The number of aromatic nitrogens is 4. The van der Waals surface area contributed by atoms with Crippen LogP contribution in [0, 0.1) is 0 Å². The molecule has 0 bridgehead atoms. The molecule has 1 aromatic carbocycles. The number of carbonyl (C=O) groups excluding carboxylic acids is 1. The van der Waals surface area contributed by atoms with Gasteiger partial charge in [-0.15, -0.1) is 5.10 Å². The molecular formula is C23H27N5O3S. The van der Waals surface area contributed by atoms with Crippen LogP contribution in [0.5, 0.6) is 0 Å². The van der Waals surface area contributed by atoms with E-state index in [0.717, 1.165) is 19.3 Å². The van der Waals surface area contributed by atoms with Crippen molar-refractivity contribution in [3.63, 3.8) is 0 Å². The molecule has 1 amide bonds. The van der Waals surface area contributed by atoms with Gasteiger partial charge in [-0.05, 0) is 44.2 Å². The molecular weight excluding hydrogens is 426 g/mol. The van der Waals surface area contributed by atoms with E-state index < -0.39 is 0 Å². The van der Waals surface area contributed by atoms with Crippen LogP contribution in [0.4, 0.5) is 6.01 Å². The Kier molecular flexibility index (Phi) is 7.04. The fourth-order valence-electron chi connectivity index (χ4n) is 3.65. The molecule has 0 spiro atoms. The number of benzene rings is 1. The topological polar surface area (TPSA) is 103 Å². The maximum atomic E-state index is 13.2. The Hall–Kier alpha value is -2.94. The van der Waals surface area contributed by atoms with E-state index in [-0.39, 0.29) is 29.2 Å². The second-order valence-corrected chi connectivity index (χ2v) is 9.11. The smallest absolute Gasteiger partial charge is 0.322 e. The number of hydrogen-bond donors (Lipinski definition) is 1. The lowest BCUT2D eigenvalue weighted by Gasteiger charge is -2.16. The van der Waals surface area contributed by atoms with E-state index >= 15 is 0 Å². The quantitative estimate of drug-likeness (QED) is 0.304. The Morgan fingerprint density at radius 1 is 1.25 bits per heavy atom. The number of para-hydroxylation sites is 1. The van der Waals surface area contributed by atoms with E-state index in [4.69, 9.17) is 4.42 Å². The van der Waals surface area contributed by atoms with Gasteiger partial charge in [0.1, 0.15) is 0 Å². The molecule has 168 valence electrons. The molecule has 0 radical (unpaired) electrons. The van der Waals surface area contributed by atoms with Crippen LogP contribution in [0.3, 0.4) is 0 Å². The molecule has 0 unspecified atom stereocenters.